The maximum atomic E-state index is 5.25. The van der Waals surface area contributed by atoms with Crippen molar-refractivity contribution in [3.8, 4) is 67.5 Å². The number of benzene rings is 9. The molecule has 0 aliphatic heterocycles. The molecule has 3 heteroatoms. The summed E-state index contributed by atoms with van der Waals surface area (Å²) >= 11 is 0. The van der Waals surface area contributed by atoms with E-state index < -0.39 is 0 Å². The summed E-state index contributed by atoms with van der Waals surface area (Å²) in [6, 6.07) is 67.3. The molecule has 0 bridgehead atoms. The Morgan fingerprint density at radius 1 is 0.281 bits per heavy atom. The Morgan fingerprint density at radius 3 is 1.39 bits per heavy atom. The lowest BCUT2D eigenvalue weighted by atomic mass is 9.82. The molecule has 1 aromatic heterocycles. The largest absolute Gasteiger partial charge is 0.208 e. The van der Waals surface area contributed by atoms with E-state index in [1.54, 1.807) is 0 Å². The second-order valence-corrected chi connectivity index (χ2v) is 15.6. The number of hydrogen-bond donors (Lipinski definition) is 0. The minimum atomic E-state index is -0.142. The Labute approximate surface area is 332 Å². The van der Waals surface area contributed by atoms with E-state index in [4.69, 9.17) is 15.0 Å². The van der Waals surface area contributed by atoms with Crippen molar-refractivity contribution in [2.75, 3.05) is 0 Å². The summed E-state index contributed by atoms with van der Waals surface area (Å²) in [4.78, 5) is 15.7. The first-order chi connectivity index (χ1) is 28.0. The second kappa shape index (κ2) is 12.9. The van der Waals surface area contributed by atoms with Crippen LogP contribution >= 0.6 is 0 Å². The highest BCUT2D eigenvalue weighted by atomic mass is 15.0. The summed E-state index contributed by atoms with van der Waals surface area (Å²) in [5, 5.41) is 7.36. The van der Waals surface area contributed by atoms with Crippen LogP contribution in [0.4, 0.5) is 0 Å². The zero-order valence-corrected chi connectivity index (χ0v) is 31.7. The average Bonchev–Trinajstić information content (AvgIpc) is 3.51. The standard InChI is InChI=1S/C54H37N3/c1-54(2)49-22-11-10-21-46(49)47-30-28-40(33-50(47)54)53-56-51(36-25-23-35(24-26-36)38-16-12-15-37(31-38)34-13-4-3-5-14-34)55-52(57-53)39-27-29-45-43-19-7-6-17-41(43)42-18-8-9-20-44(42)48(45)32-39/h3-33H,1-2H3. The molecule has 11 rings (SSSR count). The molecule has 1 aliphatic carbocycles. The van der Waals surface area contributed by atoms with Crippen LogP contribution in [-0.2, 0) is 5.41 Å². The molecule has 0 radical (unpaired) electrons. The van der Waals surface area contributed by atoms with E-state index in [1.807, 2.05) is 0 Å². The van der Waals surface area contributed by atoms with Gasteiger partial charge in [0.1, 0.15) is 0 Å². The molecular weight excluding hydrogens is 691 g/mol. The van der Waals surface area contributed by atoms with Gasteiger partial charge in [-0.05, 0) is 95.0 Å². The second-order valence-electron chi connectivity index (χ2n) is 15.6. The van der Waals surface area contributed by atoms with Crippen LogP contribution in [0.3, 0.4) is 0 Å². The van der Waals surface area contributed by atoms with E-state index >= 15 is 0 Å². The lowest BCUT2D eigenvalue weighted by Gasteiger charge is -2.21. The van der Waals surface area contributed by atoms with Gasteiger partial charge in [0, 0.05) is 22.1 Å². The van der Waals surface area contributed by atoms with Gasteiger partial charge in [0.2, 0.25) is 0 Å². The summed E-state index contributed by atoms with van der Waals surface area (Å²) in [7, 11) is 0. The molecule has 268 valence electrons. The number of hydrogen-bond acceptors (Lipinski definition) is 3. The molecule has 0 saturated carbocycles. The first-order valence-electron chi connectivity index (χ1n) is 19.6. The van der Waals surface area contributed by atoms with Gasteiger partial charge in [-0.15, -0.1) is 0 Å². The van der Waals surface area contributed by atoms with Gasteiger partial charge in [-0.2, -0.15) is 0 Å². The molecule has 0 saturated heterocycles. The monoisotopic (exact) mass is 727 g/mol. The minimum Gasteiger partial charge on any atom is -0.208 e. The van der Waals surface area contributed by atoms with Crippen LogP contribution in [0.15, 0.2) is 188 Å². The average molecular weight is 728 g/mol. The highest BCUT2D eigenvalue weighted by molar-refractivity contribution is 6.25. The van der Waals surface area contributed by atoms with Gasteiger partial charge < -0.3 is 0 Å². The first-order valence-corrected chi connectivity index (χ1v) is 19.6. The minimum absolute atomic E-state index is 0.142. The van der Waals surface area contributed by atoms with E-state index in [1.165, 1.54) is 65.7 Å². The number of rotatable bonds is 5. The van der Waals surface area contributed by atoms with E-state index in [0.717, 1.165) is 27.8 Å². The Morgan fingerprint density at radius 2 is 0.719 bits per heavy atom. The lowest BCUT2D eigenvalue weighted by Crippen LogP contribution is -2.15. The van der Waals surface area contributed by atoms with Crippen molar-refractivity contribution >= 4 is 32.3 Å². The molecule has 0 unspecified atom stereocenters. The Hall–Kier alpha value is -7.23. The third-order valence-electron chi connectivity index (χ3n) is 11.9. The molecule has 0 spiro atoms. The summed E-state index contributed by atoms with van der Waals surface area (Å²) < 4.78 is 0. The first kappa shape index (κ1) is 33.1. The maximum Gasteiger partial charge on any atom is 0.164 e. The van der Waals surface area contributed by atoms with Crippen LogP contribution in [0.2, 0.25) is 0 Å². The number of nitrogens with zero attached hydrogens (tertiary/aromatic N) is 3. The van der Waals surface area contributed by atoms with Gasteiger partial charge >= 0.3 is 0 Å². The summed E-state index contributed by atoms with van der Waals surface area (Å²) in [6.45, 7) is 4.62. The third kappa shape index (κ3) is 5.46. The van der Waals surface area contributed by atoms with E-state index in [9.17, 15) is 0 Å². The summed E-state index contributed by atoms with van der Waals surface area (Å²) in [6.07, 6.45) is 0. The van der Waals surface area contributed by atoms with Crippen molar-refractivity contribution in [2.45, 2.75) is 19.3 Å². The molecular formula is C54H37N3. The van der Waals surface area contributed by atoms with Gasteiger partial charge in [0.25, 0.3) is 0 Å². The quantitative estimate of drug-likeness (QED) is 0.166. The Bertz CT molecular complexity index is 3160. The Kier molecular flexibility index (Phi) is 7.52. The van der Waals surface area contributed by atoms with E-state index in [2.05, 4.69) is 202 Å². The maximum absolute atomic E-state index is 5.25. The third-order valence-corrected chi connectivity index (χ3v) is 11.9. The smallest absolute Gasteiger partial charge is 0.164 e. The normalized spacial score (nSPS) is 12.9. The predicted molar refractivity (Wildman–Crippen MR) is 237 cm³/mol. The van der Waals surface area contributed by atoms with E-state index in [-0.39, 0.29) is 5.41 Å². The summed E-state index contributed by atoms with van der Waals surface area (Å²) in [5.41, 5.74) is 12.6. The molecule has 1 aliphatic rings. The van der Waals surface area contributed by atoms with Crippen LogP contribution in [0.5, 0.6) is 0 Å². The predicted octanol–water partition coefficient (Wildman–Crippen LogP) is 14.0. The lowest BCUT2D eigenvalue weighted by molar-refractivity contribution is 0.660. The molecule has 1 heterocycles. The fourth-order valence-corrected chi connectivity index (χ4v) is 8.97. The highest BCUT2D eigenvalue weighted by Crippen LogP contribution is 2.49. The zero-order chi connectivity index (χ0) is 38.1. The van der Waals surface area contributed by atoms with Crippen molar-refractivity contribution in [1.82, 2.24) is 15.0 Å². The van der Waals surface area contributed by atoms with Crippen LogP contribution in [0, 0.1) is 0 Å². The van der Waals surface area contributed by atoms with Gasteiger partial charge in [-0.3, -0.25) is 0 Å². The SMILES string of the molecule is CC1(C)c2ccccc2-c2ccc(-c3nc(-c4ccc(-c5cccc(-c6ccccc6)c5)cc4)nc(-c4ccc5c6ccccc6c6ccccc6c5c4)n3)cc21. The van der Waals surface area contributed by atoms with Crippen LogP contribution in [0.25, 0.3) is 99.9 Å². The van der Waals surface area contributed by atoms with Crippen molar-refractivity contribution in [1.29, 1.82) is 0 Å². The topological polar surface area (TPSA) is 38.7 Å². The van der Waals surface area contributed by atoms with Crippen LogP contribution in [0.1, 0.15) is 25.0 Å². The van der Waals surface area contributed by atoms with Gasteiger partial charge in [-0.25, -0.2) is 15.0 Å². The van der Waals surface area contributed by atoms with Gasteiger partial charge in [0.15, 0.2) is 17.5 Å². The molecule has 57 heavy (non-hydrogen) atoms. The molecule has 0 atom stereocenters. The van der Waals surface area contributed by atoms with Crippen molar-refractivity contribution in [2.24, 2.45) is 0 Å². The highest BCUT2D eigenvalue weighted by Gasteiger charge is 2.35. The number of fused-ring (bicyclic) bond motifs is 9. The fourth-order valence-electron chi connectivity index (χ4n) is 8.97. The summed E-state index contributed by atoms with van der Waals surface area (Å²) in [5.74, 6) is 1.95. The van der Waals surface area contributed by atoms with E-state index in [0.29, 0.717) is 17.5 Å². The van der Waals surface area contributed by atoms with Gasteiger partial charge in [0.05, 0.1) is 0 Å². The molecule has 3 nitrogen and oxygen atoms in total. The Balaban J connectivity index is 1.07. The van der Waals surface area contributed by atoms with Gasteiger partial charge in [-0.1, -0.05) is 184 Å². The fraction of sp³-hybridized carbons (Fsp3) is 0.0556. The van der Waals surface area contributed by atoms with Crippen molar-refractivity contribution in [3.05, 3.63) is 199 Å². The molecule has 0 amide bonds. The zero-order valence-electron chi connectivity index (χ0n) is 31.7. The molecule has 9 aromatic carbocycles. The van der Waals surface area contributed by atoms with Crippen LogP contribution in [-0.4, -0.2) is 15.0 Å². The number of aromatic nitrogens is 3. The molecule has 10 aromatic rings. The van der Waals surface area contributed by atoms with Crippen molar-refractivity contribution in [3.63, 3.8) is 0 Å². The van der Waals surface area contributed by atoms with Crippen LogP contribution < -0.4 is 0 Å². The molecule has 0 fully saturated rings. The van der Waals surface area contributed by atoms with Crippen molar-refractivity contribution < 1.29 is 0 Å². The molecule has 0 N–H and O–H groups in total.